The van der Waals surface area contributed by atoms with E-state index in [2.05, 4.69) is 21.2 Å². The van der Waals surface area contributed by atoms with Gasteiger partial charge in [0.15, 0.2) is 0 Å². The van der Waals surface area contributed by atoms with Crippen molar-refractivity contribution >= 4 is 27.5 Å². The third-order valence-corrected chi connectivity index (χ3v) is 3.49. The third-order valence-electron chi connectivity index (χ3n) is 2.51. The van der Waals surface area contributed by atoms with Gasteiger partial charge in [0.25, 0.3) is 0 Å². The number of rotatable bonds is 4. The van der Waals surface area contributed by atoms with Crippen LogP contribution in [0.4, 0.5) is 4.39 Å². The first-order valence-corrected chi connectivity index (χ1v) is 6.83. The lowest BCUT2D eigenvalue weighted by Crippen LogP contribution is -2.05. The lowest BCUT2D eigenvalue weighted by atomic mass is 10.2. The van der Waals surface area contributed by atoms with Gasteiger partial charge in [-0.2, -0.15) is 0 Å². The number of halogens is 3. The molecule has 2 nitrogen and oxygen atoms in total. The van der Waals surface area contributed by atoms with Gasteiger partial charge in [-0.1, -0.05) is 17.7 Å². The van der Waals surface area contributed by atoms with Crippen molar-refractivity contribution in [2.45, 2.75) is 6.54 Å². The maximum Gasteiger partial charge on any atom is 0.141 e. The van der Waals surface area contributed by atoms with Crippen molar-refractivity contribution in [3.05, 3.63) is 57.3 Å². The lowest BCUT2D eigenvalue weighted by Gasteiger charge is -2.10. The van der Waals surface area contributed by atoms with Crippen LogP contribution in [-0.4, -0.2) is 7.05 Å². The molecule has 0 unspecified atom stereocenters. The van der Waals surface area contributed by atoms with Crippen LogP contribution in [0.25, 0.3) is 0 Å². The van der Waals surface area contributed by atoms with E-state index < -0.39 is 0 Å². The second-order valence-corrected chi connectivity index (χ2v) is 5.22. The summed E-state index contributed by atoms with van der Waals surface area (Å²) in [7, 11) is 1.86. The average Bonchev–Trinajstić information content (AvgIpc) is 2.36. The average molecular weight is 345 g/mol. The molecule has 0 amide bonds. The molecule has 5 heteroatoms. The Morgan fingerprint density at radius 3 is 2.68 bits per heavy atom. The molecule has 1 N–H and O–H groups in total. The van der Waals surface area contributed by atoms with Crippen LogP contribution in [-0.2, 0) is 6.54 Å². The Morgan fingerprint density at radius 1 is 1.26 bits per heavy atom. The number of ether oxygens (including phenoxy) is 1. The molecular formula is C14H12BrClFNO. The van der Waals surface area contributed by atoms with Crippen LogP contribution in [0, 0.1) is 5.82 Å². The first-order chi connectivity index (χ1) is 9.10. The molecule has 0 bridgehead atoms. The van der Waals surface area contributed by atoms with Gasteiger partial charge < -0.3 is 10.1 Å². The maximum absolute atomic E-state index is 13.0. The van der Waals surface area contributed by atoms with Crippen molar-refractivity contribution in [2.24, 2.45) is 0 Å². The fourth-order valence-corrected chi connectivity index (χ4v) is 2.28. The third kappa shape index (κ3) is 3.69. The zero-order valence-electron chi connectivity index (χ0n) is 10.2. The topological polar surface area (TPSA) is 21.3 Å². The molecule has 2 aromatic carbocycles. The number of benzene rings is 2. The fourth-order valence-electron chi connectivity index (χ4n) is 1.61. The highest BCUT2D eigenvalue weighted by atomic mass is 79.9. The molecule has 0 fully saturated rings. The van der Waals surface area contributed by atoms with Crippen molar-refractivity contribution < 1.29 is 9.13 Å². The first kappa shape index (κ1) is 14.3. The van der Waals surface area contributed by atoms with Gasteiger partial charge in [0, 0.05) is 11.6 Å². The van der Waals surface area contributed by atoms with Gasteiger partial charge in [0.1, 0.15) is 17.3 Å². The molecule has 2 rings (SSSR count). The van der Waals surface area contributed by atoms with Gasteiger partial charge in [-0.05, 0) is 58.9 Å². The van der Waals surface area contributed by atoms with E-state index in [0.717, 1.165) is 5.56 Å². The highest BCUT2D eigenvalue weighted by Crippen LogP contribution is 2.32. The van der Waals surface area contributed by atoms with E-state index in [1.165, 1.54) is 12.1 Å². The lowest BCUT2D eigenvalue weighted by molar-refractivity contribution is 0.477. The molecule has 0 saturated heterocycles. The normalized spacial score (nSPS) is 10.5. The van der Waals surface area contributed by atoms with Gasteiger partial charge >= 0.3 is 0 Å². The van der Waals surface area contributed by atoms with E-state index >= 15 is 0 Å². The number of hydrogen-bond acceptors (Lipinski definition) is 2. The maximum atomic E-state index is 13.0. The van der Waals surface area contributed by atoms with Crippen molar-refractivity contribution in [3.8, 4) is 11.5 Å². The first-order valence-electron chi connectivity index (χ1n) is 5.66. The fraction of sp³-hybridized carbons (Fsp3) is 0.143. The second kappa shape index (κ2) is 6.37. The van der Waals surface area contributed by atoms with Gasteiger partial charge in [0.2, 0.25) is 0 Å². The van der Waals surface area contributed by atoms with Gasteiger partial charge in [0.05, 0.1) is 4.47 Å². The molecule has 0 saturated carbocycles. The molecule has 0 atom stereocenters. The summed E-state index contributed by atoms with van der Waals surface area (Å²) in [5, 5.41) is 3.66. The predicted octanol–water partition coefficient (Wildman–Crippen LogP) is 4.75. The van der Waals surface area contributed by atoms with Crippen LogP contribution in [0.15, 0.2) is 40.9 Å². The summed E-state index contributed by atoms with van der Waals surface area (Å²) in [5.41, 5.74) is 0.995. The van der Waals surface area contributed by atoms with Crippen LogP contribution >= 0.6 is 27.5 Å². The minimum absolute atomic E-state index is 0.318. The quantitative estimate of drug-likeness (QED) is 0.864. The Hall–Kier alpha value is -1.10. The van der Waals surface area contributed by atoms with E-state index in [9.17, 15) is 4.39 Å². The Kier molecular flexibility index (Phi) is 4.80. The Balaban J connectivity index is 2.21. The monoisotopic (exact) mass is 343 g/mol. The molecule has 0 spiro atoms. The summed E-state index contributed by atoms with van der Waals surface area (Å²) >= 11 is 9.40. The van der Waals surface area contributed by atoms with Crippen molar-refractivity contribution in [2.75, 3.05) is 7.05 Å². The van der Waals surface area contributed by atoms with Crippen LogP contribution in [0.2, 0.25) is 5.02 Å². The number of hydrogen-bond donors (Lipinski definition) is 1. The zero-order valence-corrected chi connectivity index (χ0v) is 12.6. The molecule has 0 aliphatic carbocycles. The zero-order chi connectivity index (χ0) is 13.8. The summed E-state index contributed by atoms with van der Waals surface area (Å²) in [6.07, 6.45) is 0. The summed E-state index contributed by atoms with van der Waals surface area (Å²) in [5.74, 6) is 0.831. The minimum Gasteiger partial charge on any atom is -0.456 e. The molecule has 0 aromatic heterocycles. The van der Waals surface area contributed by atoms with Crippen molar-refractivity contribution in [1.82, 2.24) is 5.32 Å². The largest absolute Gasteiger partial charge is 0.456 e. The predicted molar refractivity (Wildman–Crippen MR) is 78.4 cm³/mol. The Bertz CT molecular complexity index is 592. The van der Waals surface area contributed by atoms with E-state index in [-0.39, 0.29) is 5.82 Å². The van der Waals surface area contributed by atoms with Gasteiger partial charge in [-0.15, -0.1) is 0 Å². The Morgan fingerprint density at radius 2 is 2.05 bits per heavy atom. The number of nitrogens with one attached hydrogen (secondary N) is 1. The molecule has 0 aliphatic rings. The second-order valence-electron chi connectivity index (χ2n) is 3.96. The molecule has 0 heterocycles. The molecule has 19 heavy (non-hydrogen) atoms. The summed E-state index contributed by atoms with van der Waals surface area (Å²) in [4.78, 5) is 0. The van der Waals surface area contributed by atoms with Crippen molar-refractivity contribution in [1.29, 1.82) is 0 Å². The molecule has 0 aliphatic heterocycles. The molecule has 100 valence electrons. The summed E-state index contributed by atoms with van der Waals surface area (Å²) in [6.45, 7) is 0.694. The van der Waals surface area contributed by atoms with Crippen molar-refractivity contribution in [3.63, 3.8) is 0 Å². The highest BCUT2D eigenvalue weighted by molar-refractivity contribution is 9.10. The van der Waals surface area contributed by atoms with E-state index in [1.54, 1.807) is 12.1 Å². The van der Waals surface area contributed by atoms with E-state index in [1.807, 2.05) is 19.2 Å². The standard InChI is InChI=1S/C14H12BrClFNO/c1-18-8-9-2-4-11(7-13(9)16)19-14-5-3-10(17)6-12(14)15/h2-7,18H,8H2,1H3. The molecular weight excluding hydrogens is 333 g/mol. The summed E-state index contributed by atoms with van der Waals surface area (Å²) in [6, 6.07) is 9.72. The molecule has 0 radical (unpaired) electrons. The van der Waals surface area contributed by atoms with E-state index in [0.29, 0.717) is 27.5 Å². The van der Waals surface area contributed by atoms with Gasteiger partial charge in [-0.25, -0.2) is 4.39 Å². The minimum atomic E-state index is -0.318. The smallest absolute Gasteiger partial charge is 0.141 e. The highest BCUT2D eigenvalue weighted by Gasteiger charge is 2.06. The molecule has 2 aromatic rings. The van der Waals surface area contributed by atoms with Gasteiger partial charge in [-0.3, -0.25) is 0 Å². The van der Waals surface area contributed by atoms with Crippen LogP contribution in [0.3, 0.4) is 0 Å². The Labute approximate surface area is 124 Å². The van der Waals surface area contributed by atoms with Crippen LogP contribution in [0.1, 0.15) is 5.56 Å². The summed E-state index contributed by atoms with van der Waals surface area (Å²) < 4.78 is 19.2. The van der Waals surface area contributed by atoms with E-state index in [4.69, 9.17) is 16.3 Å². The SMILES string of the molecule is CNCc1ccc(Oc2ccc(F)cc2Br)cc1Cl. The van der Waals surface area contributed by atoms with Crippen LogP contribution < -0.4 is 10.1 Å². The van der Waals surface area contributed by atoms with Crippen LogP contribution in [0.5, 0.6) is 11.5 Å².